The molecule has 1 aromatic heterocycles. The molecule has 1 amide bonds. The Morgan fingerprint density at radius 2 is 2.28 bits per heavy atom. The van der Waals surface area contributed by atoms with Crippen LogP contribution < -0.4 is 4.90 Å². The Kier molecular flexibility index (Phi) is 4.08. The summed E-state index contributed by atoms with van der Waals surface area (Å²) < 4.78 is 5.67. The van der Waals surface area contributed by atoms with Gasteiger partial charge in [0.25, 0.3) is 0 Å². The van der Waals surface area contributed by atoms with Crippen LogP contribution in [0.1, 0.15) is 25.0 Å². The highest BCUT2D eigenvalue weighted by Gasteiger charge is 2.55. The number of hydrogen-bond donors (Lipinski definition) is 0. The minimum Gasteiger partial charge on any atom is -0.381 e. The average molecular weight is 341 g/mol. The van der Waals surface area contributed by atoms with Gasteiger partial charge in [0.05, 0.1) is 12.0 Å². The summed E-state index contributed by atoms with van der Waals surface area (Å²) in [4.78, 5) is 25.8. The Bertz CT molecular complexity index is 714. The predicted molar refractivity (Wildman–Crippen MR) is 90.7 cm³/mol. The number of anilines is 1. The number of carbonyl (C=O) groups is 1. The lowest BCUT2D eigenvalue weighted by Crippen LogP contribution is -2.51. The molecule has 0 bridgehead atoms. The topological polar surface area (TPSA) is 82.3 Å². The predicted octanol–water partition coefficient (Wildman–Crippen LogP) is 1.06. The minimum absolute atomic E-state index is 0.129. The van der Waals surface area contributed by atoms with Crippen LogP contribution in [0.5, 0.6) is 0 Å². The van der Waals surface area contributed by atoms with Crippen molar-refractivity contribution >= 4 is 11.7 Å². The van der Waals surface area contributed by atoms with Gasteiger partial charge in [-0.2, -0.15) is 5.26 Å². The Morgan fingerprint density at radius 3 is 3.04 bits per heavy atom. The lowest BCUT2D eigenvalue weighted by Gasteiger charge is -2.39. The first-order chi connectivity index (χ1) is 12.1. The minimum atomic E-state index is -0.438. The van der Waals surface area contributed by atoms with Crippen molar-refractivity contribution in [2.75, 3.05) is 44.8 Å². The molecule has 0 N–H and O–H groups in total. The van der Waals surface area contributed by atoms with Gasteiger partial charge >= 0.3 is 0 Å². The van der Waals surface area contributed by atoms with E-state index >= 15 is 0 Å². The highest BCUT2D eigenvalue weighted by molar-refractivity contribution is 5.85. The monoisotopic (exact) mass is 341 g/mol. The number of fused-ring (bicyclic) bond motifs is 1. The van der Waals surface area contributed by atoms with Crippen LogP contribution in [0.15, 0.2) is 12.4 Å². The molecule has 0 radical (unpaired) electrons. The van der Waals surface area contributed by atoms with E-state index in [-0.39, 0.29) is 11.8 Å². The summed E-state index contributed by atoms with van der Waals surface area (Å²) in [6.45, 7) is 3.31. The van der Waals surface area contributed by atoms with Crippen LogP contribution in [0, 0.1) is 28.6 Å². The summed E-state index contributed by atoms with van der Waals surface area (Å²) >= 11 is 0. The smallest absolute Gasteiger partial charge is 0.230 e. The Labute approximate surface area is 147 Å². The summed E-state index contributed by atoms with van der Waals surface area (Å²) in [7, 11) is 1.92. The number of aromatic nitrogens is 2. The van der Waals surface area contributed by atoms with Gasteiger partial charge in [-0.3, -0.25) is 4.79 Å². The molecule has 7 nitrogen and oxygen atoms in total. The van der Waals surface area contributed by atoms with Crippen LogP contribution in [0.4, 0.5) is 5.82 Å². The fourth-order valence-corrected chi connectivity index (χ4v) is 4.25. The first kappa shape index (κ1) is 16.3. The SMILES string of the molecule is CN(CC1CC1)C(=O)C12CCOCC1CN(c1nccnc1C#N)C2. The molecule has 1 aromatic rings. The molecule has 132 valence electrons. The summed E-state index contributed by atoms with van der Waals surface area (Å²) in [5.41, 5.74) is -0.123. The standard InChI is InChI=1S/C18H23N5O2/c1-22(9-13-2-3-13)17(24)18-4-7-25-11-14(18)10-23(12-18)16-15(8-19)20-5-6-21-16/h5-6,13-14H,2-4,7,9-12H2,1H3. The van der Waals surface area contributed by atoms with Crippen molar-refractivity contribution < 1.29 is 9.53 Å². The Hall–Kier alpha value is -2.20. The van der Waals surface area contributed by atoms with E-state index in [0.29, 0.717) is 43.7 Å². The van der Waals surface area contributed by atoms with Crippen molar-refractivity contribution in [2.24, 2.45) is 17.3 Å². The van der Waals surface area contributed by atoms with Crippen molar-refractivity contribution in [3.8, 4) is 6.07 Å². The van der Waals surface area contributed by atoms with Crippen molar-refractivity contribution in [1.82, 2.24) is 14.9 Å². The van der Waals surface area contributed by atoms with Gasteiger partial charge in [-0.05, 0) is 25.2 Å². The lowest BCUT2D eigenvalue weighted by atomic mass is 9.73. The largest absolute Gasteiger partial charge is 0.381 e. The maximum absolute atomic E-state index is 13.3. The second kappa shape index (κ2) is 6.26. The Morgan fingerprint density at radius 1 is 1.48 bits per heavy atom. The number of carbonyl (C=O) groups excluding carboxylic acids is 1. The van der Waals surface area contributed by atoms with Gasteiger partial charge in [-0.1, -0.05) is 0 Å². The fraction of sp³-hybridized carbons (Fsp3) is 0.667. The van der Waals surface area contributed by atoms with Crippen molar-refractivity contribution in [2.45, 2.75) is 19.3 Å². The second-order valence-electron chi connectivity index (χ2n) is 7.53. The molecule has 2 saturated heterocycles. The second-order valence-corrected chi connectivity index (χ2v) is 7.53. The quantitative estimate of drug-likeness (QED) is 0.814. The number of nitrogens with zero attached hydrogens (tertiary/aromatic N) is 5. The molecule has 4 rings (SSSR count). The van der Waals surface area contributed by atoms with Gasteiger partial charge in [0.2, 0.25) is 5.91 Å². The molecule has 3 aliphatic rings. The fourth-order valence-electron chi connectivity index (χ4n) is 4.25. The zero-order valence-corrected chi connectivity index (χ0v) is 14.5. The summed E-state index contributed by atoms with van der Waals surface area (Å²) in [6, 6.07) is 2.11. The van der Waals surface area contributed by atoms with Gasteiger partial charge in [0.1, 0.15) is 6.07 Å². The van der Waals surface area contributed by atoms with Crippen LogP contribution in [-0.2, 0) is 9.53 Å². The van der Waals surface area contributed by atoms with Gasteiger partial charge < -0.3 is 14.5 Å². The molecule has 7 heteroatoms. The van der Waals surface area contributed by atoms with E-state index in [1.165, 1.54) is 19.0 Å². The number of rotatable bonds is 4. The molecule has 0 aromatic carbocycles. The zero-order chi connectivity index (χ0) is 17.4. The van der Waals surface area contributed by atoms with E-state index in [4.69, 9.17) is 4.74 Å². The van der Waals surface area contributed by atoms with E-state index in [1.54, 1.807) is 6.20 Å². The molecule has 0 spiro atoms. The third kappa shape index (κ3) is 2.85. The Balaban J connectivity index is 1.61. The molecular formula is C18H23N5O2. The molecular weight excluding hydrogens is 318 g/mol. The van der Waals surface area contributed by atoms with E-state index in [9.17, 15) is 10.1 Å². The number of amides is 1. The molecule has 3 heterocycles. The molecule has 1 aliphatic carbocycles. The van der Waals surface area contributed by atoms with Crippen LogP contribution in [-0.4, -0.2) is 60.7 Å². The summed E-state index contributed by atoms with van der Waals surface area (Å²) in [5.74, 6) is 1.60. The van der Waals surface area contributed by atoms with Crippen molar-refractivity contribution in [3.05, 3.63) is 18.1 Å². The highest BCUT2D eigenvalue weighted by Crippen LogP contribution is 2.45. The number of nitriles is 1. The van der Waals surface area contributed by atoms with Crippen LogP contribution in [0.2, 0.25) is 0 Å². The molecule has 1 saturated carbocycles. The van der Waals surface area contributed by atoms with E-state index in [1.807, 2.05) is 16.8 Å². The highest BCUT2D eigenvalue weighted by atomic mass is 16.5. The van der Waals surface area contributed by atoms with Gasteiger partial charge in [-0.15, -0.1) is 0 Å². The van der Waals surface area contributed by atoms with Crippen molar-refractivity contribution in [3.63, 3.8) is 0 Å². The van der Waals surface area contributed by atoms with E-state index in [0.717, 1.165) is 13.0 Å². The molecule has 3 fully saturated rings. The van der Waals surface area contributed by atoms with Gasteiger partial charge in [0.15, 0.2) is 11.5 Å². The third-order valence-corrected chi connectivity index (χ3v) is 5.79. The average Bonchev–Trinajstić information content (AvgIpc) is 3.36. The van der Waals surface area contributed by atoms with Crippen LogP contribution in [0.25, 0.3) is 0 Å². The van der Waals surface area contributed by atoms with E-state index in [2.05, 4.69) is 16.0 Å². The molecule has 2 aliphatic heterocycles. The molecule has 2 atom stereocenters. The number of ether oxygens (including phenoxy) is 1. The maximum atomic E-state index is 13.3. The van der Waals surface area contributed by atoms with Gasteiger partial charge in [0, 0.05) is 51.6 Å². The van der Waals surface area contributed by atoms with Crippen LogP contribution in [0.3, 0.4) is 0 Å². The maximum Gasteiger partial charge on any atom is 0.230 e. The molecule has 2 unspecified atom stereocenters. The van der Waals surface area contributed by atoms with Gasteiger partial charge in [-0.25, -0.2) is 9.97 Å². The summed E-state index contributed by atoms with van der Waals surface area (Å²) in [6.07, 6.45) is 6.31. The van der Waals surface area contributed by atoms with Crippen LogP contribution >= 0.6 is 0 Å². The first-order valence-corrected chi connectivity index (χ1v) is 8.93. The summed E-state index contributed by atoms with van der Waals surface area (Å²) in [5, 5.41) is 9.33. The third-order valence-electron chi connectivity index (χ3n) is 5.79. The lowest BCUT2D eigenvalue weighted by molar-refractivity contribution is -0.149. The zero-order valence-electron chi connectivity index (χ0n) is 14.5. The molecule has 25 heavy (non-hydrogen) atoms. The first-order valence-electron chi connectivity index (χ1n) is 8.93. The van der Waals surface area contributed by atoms with Crippen molar-refractivity contribution in [1.29, 1.82) is 5.26 Å². The van der Waals surface area contributed by atoms with E-state index < -0.39 is 5.41 Å². The normalized spacial score (nSPS) is 28.3. The number of hydrogen-bond acceptors (Lipinski definition) is 6.